The zero-order chi connectivity index (χ0) is 18.5. The highest BCUT2D eigenvalue weighted by Gasteiger charge is 2.65. The summed E-state index contributed by atoms with van der Waals surface area (Å²) in [6.45, 7) is 3.69. The van der Waals surface area contributed by atoms with E-state index in [1.165, 1.54) is 6.92 Å². The van der Waals surface area contributed by atoms with Gasteiger partial charge in [-0.3, -0.25) is 9.35 Å². The van der Waals surface area contributed by atoms with Crippen LogP contribution in [0.1, 0.15) is 19.8 Å². The molecule has 0 radical (unpaired) electrons. The topological polar surface area (TPSA) is 107 Å². The summed E-state index contributed by atoms with van der Waals surface area (Å²) in [5.41, 5.74) is 0.0726. The zero-order valence-electron chi connectivity index (χ0n) is 11.9. The number of alkyl halides is 4. The first-order valence-corrected chi connectivity index (χ1v) is 7.37. The first-order chi connectivity index (χ1) is 10.2. The molecule has 0 bridgehead atoms. The molecule has 0 saturated carbocycles. The minimum Gasteiger partial charge on any atom is -0.462 e. The molecular formula is C11H14F4O7S. The van der Waals surface area contributed by atoms with E-state index in [0.717, 1.165) is 0 Å². The maximum absolute atomic E-state index is 13.1. The molecule has 7 nitrogen and oxygen atoms in total. The third-order valence-corrected chi connectivity index (χ3v) is 3.27. The predicted octanol–water partition coefficient (Wildman–Crippen LogP) is 1.54. The predicted molar refractivity (Wildman–Crippen MR) is 67.4 cm³/mol. The number of esters is 2. The van der Waals surface area contributed by atoms with Crippen LogP contribution in [-0.4, -0.2) is 49.3 Å². The SMILES string of the molecule is C=C(C)C(=O)OCCOC(=O)CCC(F)(F)C(F)(F)S(=O)(=O)O. The molecule has 0 aromatic heterocycles. The van der Waals surface area contributed by atoms with Crippen LogP contribution in [0.25, 0.3) is 0 Å². The lowest BCUT2D eigenvalue weighted by Crippen LogP contribution is -2.47. The van der Waals surface area contributed by atoms with Crippen molar-refractivity contribution in [3.63, 3.8) is 0 Å². The summed E-state index contributed by atoms with van der Waals surface area (Å²) in [5, 5.41) is -5.74. The third kappa shape index (κ3) is 6.14. The van der Waals surface area contributed by atoms with Gasteiger partial charge in [0.25, 0.3) is 0 Å². The average molecular weight is 366 g/mol. The first-order valence-electron chi connectivity index (χ1n) is 5.93. The van der Waals surface area contributed by atoms with Crippen LogP contribution >= 0.6 is 0 Å². The number of hydrogen-bond donors (Lipinski definition) is 1. The molecule has 0 saturated heterocycles. The molecule has 0 atom stereocenters. The molecule has 23 heavy (non-hydrogen) atoms. The number of carbonyl (C=O) groups is 2. The van der Waals surface area contributed by atoms with Crippen molar-refractivity contribution < 1.29 is 49.6 Å². The van der Waals surface area contributed by atoms with Crippen molar-refractivity contribution in [3.05, 3.63) is 12.2 Å². The fourth-order valence-electron chi connectivity index (χ4n) is 1.08. The Morgan fingerprint density at radius 1 is 1.13 bits per heavy atom. The monoisotopic (exact) mass is 366 g/mol. The molecule has 0 aliphatic heterocycles. The van der Waals surface area contributed by atoms with Crippen molar-refractivity contribution in [2.45, 2.75) is 30.9 Å². The normalized spacial score (nSPS) is 12.6. The molecular weight excluding hydrogens is 352 g/mol. The van der Waals surface area contributed by atoms with Crippen LogP contribution in [0.2, 0.25) is 0 Å². The molecule has 134 valence electrons. The van der Waals surface area contributed by atoms with Crippen molar-refractivity contribution in [3.8, 4) is 0 Å². The standard InChI is InChI=1S/C11H14F4O7S/c1-7(2)9(17)22-6-5-21-8(16)3-4-10(12,13)11(14,15)23(18,19)20/h1,3-6H2,2H3,(H,18,19,20). The van der Waals surface area contributed by atoms with Gasteiger partial charge in [0.1, 0.15) is 13.2 Å². The largest absolute Gasteiger partial charge is 0.462 e. The van der Waals surface area contributed by atoms with E-state index in [1.54, 1.807) is 0 Å². The van der Waals surface area contributed by atoms with Gasteiger partial charge in [0.15, 0.2) is 0 Å². The van der Waals surface area contributed by atoms with Gasteiger partial charge in [0.05, 0.1) is 6.42 Å². The summed E-state index contributed by atoms with van der Waals surface area (Å²) in [6.07, 6.45) is -3.11. The van der Waals surface area contributed by atoms with Crippen LogP contribution in [0.4, 0.5) is 17.6 Å². The molecule has 12 heteroatoms. The highest BCUT2D eigenvalue weighted by molar-refractivity contribution is 7.87. The smallest absolute Gasteiger partial charge is 0.431 e. The van der Waals surface area contributed by atoms with Crippen LogP contribution in [-0.2, 0) is 29.2 Å². The zero-order valence-corrected chi connectivity index (χ0v) is 12.7. The molecule has 0 amide bonds. The summed E-state index contributed by atoms with van der Waals surface area (Å²) >= 11 is 0. The molecule has 0 aliphatic carbocycles. The number of rotatable bonds is 9. The van der Waals surface area contributed by atoms with Gasteiger partial charge in [-0.15, -0.1) is 0 Å². The number of carbonyl (C=O) groups excluding carboxylic acids is 2. The summed E-state index contributed by atoms with van der Waals surface area (Å²) in [7, 11) is -6.35. The molecule has 0 aromatic rings. The minimum absolute atomic E-state index is 0.0726. The molecule has 0 rings (SSSR count). The van der Waals surface area contributed by atoms with Crippen LogP contribution in [0.15, 0.2) is 12.2 Å². The summed E-state index contributed by atoms with van der Waals surface area (Å²) in [4.78, 5) is 22.0. The molecule has 0 aliphatic rings. The lowest BCUT2D eigenvalue weighted by Gasteiger charge is -2.23. The Bertz CT molecular complexity index is 571. The first kappa shape index (κ1) is 21.3. The molecule has 0 aromatic carbocycles. The van der Waals surface area contributed by atoms with Crippen molar-refractivity contribution in [1.82, 2.24) is 0 Å². The lowest BCUT2D eigenvalue weighted by molar-refractivity contribution is -0.171. The van der Waals surface area contributed by atoms with Gasteiger partial charge >= 0.3 is 33.2 Å². The van der Waals surface area contributed by atoms with E-state index in [4.69, 9.17) is 4.55 Å². The van der Waals surface area contributed by atoms with Gasteiger partial charge in [-0.2, -0.15) is 26.0 Å². The van der Waals surface area contributed by atoms with Crippen molar-refractivity contribution in [1.29, 1.82) is 0 Å². The van der Waals surface area contributed by atoms with E-state index in [2.05, 4.69) is 16.1 Å². The Kier molecular flexibility index (Phi) is 7.16. The summed E-state index contributed by atoms with van der Waals surface area (Å²) < 4.78 is 89.2. The average Bonchev–Trinajstić information content (AvgIpc) is 2.39. The highest BCUT2D eigenvalue weighted by Crippen LogP contribution is 2.41. The van der Waals surface area contributed by atoms with Gasteiger partial charge < -0.3 is 9.47 Å². The van der Waals surface area contributed by atoms with E-state index < -0.39 is 59.3 Å². The Morgan fingerprint density at radius 3 is 2.04 bits per heavy atom. The van der Waals surface area contributed by atoms with Crippen LogP contribution < -0.4 is 0 Å². The van der Waals surface area contributed by atoms with E-state index in [-0.39, 0.29) is 5.57 Å². The van der Waals surface area contributed by atoms with E-state index in [9.17, 15) is 35.6 Å². The van der Waals surface area contributed by atoms with Crippen LogP contribution in [0, 0.1) is 0 Å². The highest BCUT2D eigenvalue weighted by atomic mass is 32.2. The second-order valence-corrected chi connectivity index (χ2v) is 5.80. The van der Waals surface area contributed by atoms with Crippen LogP contribution in [0.3, 0.4) is 0 Å². The minimum atomic E-state index is -6.35. The van der Waals surface area contributed by atoms with Gasteiger partial charge in [-0.05, 0) is 6.92 Å². The molecule has 0 heterocycles. The van der Waals surface area contributed by atoms with Gasteiger partial charge in [-0.25, -0.2) is 4.79 Å². The second kappa shape index (κ2) is 7.73. The summed E-state index contributed by atoms with van der Waals surface area (Å²) in [6, 6.07) is 0. The van der Waals surface area contributed by atoms with Gasteiger partial charge in [0, 0.05) is 12.0 Å². The Labute approximate surface area is 129 Å². The number of halogens is 4. The second-order valence-electron chi connectivity index (χ2n) is 4.33. The molecule has 0 spiro atoms. The Hall–Kier alpha value is -1.69. The fourth-order valence-corrected chi connectivity index (χ4v) is 1.56. The van der Waals surface area contributed by atoms with Crippen molar-refractivity contribution in [2.75, 3.05) is 13.2 Å². The maximum atomic E-state index is 13.1. The van der Waals surface area contributed by atoms with Gasteiger partial charge in [-0.1, -0.05) is 6.58 Å². The maximum Gasteiger partial charge on any atom is 0.431 e. The van der Waals surface area contributed by atoms with E-state index >= 15 is 0 Å². The van der Waals surface area contributed by atoms with E-state index in [1.807, 2.05) is 0 Å². The quantitative estimate of drug-likeness (QED) is 0.217. The third-order valence-electron chi connectivity index (χ3n) is 2.32. The molecule has 0 fully saturated rings. The number of hydrogen-bond acceptors (Lipinski definition) is 6. The molecule has 1 N–H and O–H groups in total. The summed E-state index contributed by atoms with van der Waals surface area (Å²) in [5.74, 6) is -7.30. The lowest BCUT2D eigenvalue weighted by atomic mass is 10.2. The molecule has 0 unspecified atom stereocenters. The van der Waals surface area contributed by atoms with Crippen molar-refractivity contribution >= 4 is 22.1 Å². The van der Waals surface area contributed by atoms with Crippen molar-refractivity contribution in [2.24, 2.45) is 0 Å². The van der Waals surface area contributed by atoms with Gasteiger partial charge in [0.2, 0.25) is 0 Å². The van der Waals surface area contributed by atoms with Crippen LogP contribution in [0.5, 0.6) is 0 Å². The number of ether oxygens (including phenoxy) is 2. The Balaban J connectivity index is 4.34. The van der Waals surface area contributed by atoms with E-state index in [0.29, 0.717) is 0 Å². The Morgan fingerprint density at radius 2 is 1.61 bits per heavy atom. The fraction of sp³-hybridized carbons (Fsp3) is 0.636.